The quantitative estimate of drug-likeness (QED) is 0.918. The summed E-state index contributed by atoms with van der Waals surface area (Å²) in [5, 5.41) is 2.96. The summed E-state index contributed by atoms with van der Waals surface area (Å²) in [6.07, 6.45) is 0. The maximum absolute atomic E-state index is 13.5. The Balaban J connectivity index is 2.09. The lowest BCUT2D eigenvalue weighted by Gasteiger charge is -2.29. The molecule has 2 amide bonds. The third-order valence-corrected chi connectivity index (χ3v) is 3.70. The molecule has 118 valence electrons. The molecule has 5 nitrogen and oxygen atoms in total. The SMILES string of the molecule is COc1ccc(Cl)cc1C(=O)N1CC(=O)Nc2ccc(F)cc21. The lowest BCUT2D eigenvalue weighted by atomic mass is 10.1. The number of ether oxygens (including phenoxy) is 1. The van der Waals surface area contributed by atoms with E-state index in [0.29, 0.717) is 16.5 Å². The fourth-order valence-corrected chi connectivity index (χ4v) is 2.60. The van der Waals surface area contributed by atoms with Gasteiger partial charge in [0.25, 0.3) is 5.91 Å². The second kappa shape index (κ2) is 5.89. The first kappa shape index (κ1) is 15.3. The molecule has 0 saturated carbocycles. The molecule has 0 saturated heterocycles. The molecule has 2 aromatic rings. The van der Waals surface area contributed by atoms with Crippen LogP contribution in [0.4, 0.5) is 15.8 Å². The molecule has 7 heteroatoms. The Morgan fingerprint density at radius 3 is 2.83 bits per heavy atom. The number of hydrogen-bond acceptors (Lipinski definition) is 3. The first-order valence-corrected chi connectivity index (χ1v) is 7.12. The van der Waals surface area contributed by atoms with Gasteiger partial charge in [-0.25, -0.2) is 4.39 Å². The van der Waals surface area contributed by atoms with Crippen LogP contribution < -0.4 is 15.0 Å². The van der Waals surface area contributed by atoms with Gasteiger partial charge in [-0.1, -0.05) is 11.6 Å². The van der Waals surface area contributed by atoms with Crippen LogP contribution in [0.2, 0.25) is 5.02 Å². The summed E-state index contributed by atoms with van der Waals surface area (Å²) in [6.45, 7) is -0.217. The highest BCUT2D eigenvalue weighted by molar-refractivity contribution is 6.31. The molecule has 2 aromatic carbocycles. The number of anilines is 2. The largest absolute Gasteiger partial charge is 0.496 e. The normalized spacial score (nSPS) is 13.3. The van der Waals surface area contributed by atoms with Gasteiger partial charge in [-0.2, -0.15) is 0 Å². The van der Waals surface area contributed by atoms with Gasteiger partial charge in [0.15, 0.2) is 0 Å². The molecule has 0 spiro atoms. The number of rotatable bonds is 2. The van der Waals surface area contributed by atoms with E-state index in [1.807, 2.05) is 0 Å². The van der Waals surface area contributed by atoms with Gasteiger partial charge >= 0.3 is 0 Å². The summed E-state index contributed by atoms with van der Waals surface area (Å²) in [7, 11) is 1.43. The summed E-state index contributed by atoms with van der Waals surface area (Å²) in [5.74, 6) is -1.04. The van der Waals surface area contributed by atoms with Crippen LogP contribution in [0.3, 0.4) is 0 Å². The zero-order valence-corrected chi connectivity index (χ0v) is 12.9. The minimum Gasteiger partial charge on any atom is -0.496 e. The second-order valence-corrected chi connectivity index (χ2v) is 5.38. The van der Waals surface area contributed by atoms with Gasteiger partial charge in [-0.15, -0.1) is 0 Å². The van der Waals surface area contributed by atoms with E-state index in [2.05, 4.69) is 5.32 Å². The average Bonchev–Trinajstić information content (AvgIpc) is 2.54. The summed E-state index contributed by atoms with van der Waals surface area (Å²) >= 11 is 5.95. The molecule has 0 fully saturated rings. The molecule has 1 N–H and O–H groups in total. The summed E-state index contributed by atoms with van der Waals surface area (Å²) in [6, 6.07) is 8.43. The fourth-order valence-electron chi connectivity index (χ4n) is 2.43. The fraction of sp³-hybridized carbons (Fsp3) is 0.125. The molecular formula is C16H12ClFN2O3. The van der Waals surface area contributed by atoms with Gasteiger partial charge in [0.2, 0.25) is 5.91 Å². The average molecular weight is 335 g/mol. The topological polar surface area (TPSA) is 58.6 Å². The van der Waals surface area contributed by atoms with Crippen LogP contribution in [-0.2, 0) is 4.79 Å². The Labute approximate surface area is 136 Å². The molecular weight excluding hydrogens is 323 g/mol. The molecule has 0 radical (unpaired) electrons. The van der Waals surface area contributed by atoms with Crippen molar-refractivity contribution in [2.45, 2.75) is 0 Å². The van der Waals surface area contributed by atoms with Crippen LogP contribution in [-0.4, -0.2) is 25.5 Å². The van der Waals surface area contributed by atoms with Gasteiger partial charge < -0.3 is 10.1 Å². The van der Waals surface area contributed by atoms with Gasteiger partial charge in [0, 0.05) is 5.02 Å². The minimum atomic E-state index is -0.504. The Bertz CT molecular complexity index is 810. The Morgan fingerprint density at radius 1 is 1.30 bits per heavy atom. The van der Waals surface area contributed by atoms with Crippen molar-refractivity contribution in [1.29, 1.82) is 0 Å². The van der Waals surface area contributed by atoms with E-state index in [0.717, 1.165) is 0 Å². The van der Waals surface area contributed by atoms with Crippen molar-refractivity contribution in [3.05, 3.63) is 52.8 Å². The van der Waals surface area contributed by atoms with Gasteiger partial charge in [0.05, 0.1) is 24.0 Å². The van der Waals surface area contributed by atoms with Crippen molar-refractivity contribution >= 4 is 34.8 Å². The Kier molecular flexibility index (Phi) is 3.92. The molecule has 1 aliphatic rings. The van der Waals surface area contributed by atoms with Crippen molar-refractivity contribution in [3.63, 3.8) is 0 Å². The summed E-state index contributed by atoms with van der Waals surface area (Å²) in [5.41, 5.74) is 0.860. The van der Waals surface area contributed by atoms with Gasteiger partial charge in [-0.3, -0.25) is 14.5 Å². The zero-order valence-electron chi connectivity index (χ0n) is 12.1. The van der Waals surface area contributed by atoms with Crippen LogP contribution in [0.25, 0.3) is 0 Å². The first-order valence-electron chi connectivity index (χ1n) is 6.74. The van der Waals surface area contributed by atoms with Gasteiger partial charge in [-0.05, 0) is 36.4 Å². The number of hydrogen-bond donors (Lipinski definition) is 1. The highest BCUT2D eigenvalue weighted by atomic mass is 35.5. The number of methoxy groups -OCH3 is 1. The molecule has 1 aliphatic heterocycles. The lowest BCUT2D eigenvalue weighted by molar-refractivity contribution is -0.115. The highest BCUT2D eigenvalue weighted by Crippen LogP contribution is 2.33. The van der Waals surface area contributed by atoms with E-state index in [-0.39, 0.29) is 23.7 Å². The maximum atomic E-state index is 13.5. The minimum absolute atomic E-state index is 0.199. The number of halogens is 2. The smallest absolute Gasteiger partial charge is 0.262 e. The van der Waals surface area contributed by atoms with Crippen LogP contribution in [0, 0.1) is 5.82 Å². The van der Waals surface area contributed by atoms with Crippen molar-refractivity contribution in [3.8, 4) is 5.75 Å². The van der Waals surface area contributed by atoms with Crippen molar-refractivity contribution in [2.24, 2.45) is 0 Å². The van der Waals surface area contributed by atoms with E-state index >= 15 is 0 Å². The number of nitrogens with zero attached hydrogens (tertiary/aromatic N) is 1. The second-order valence-electron chi connectivity index (χ2n) is 4.95. The van der Waals surface area contributed by atoms with Gasteiger partial charge in [0.1, 0.15) is 18.1 Å². The number of fused-ring (bicyclic) bond motifs is 1. The number of carbonyl (C=O) groups excluding carboxylic acids is 2. The molecule has 3 rings (SSSR count). The lowest BCUT2D eigenvalue weighted by Crippen LogP contribution is -2.42. The van der Waals surface area contributed by atoms with Crippen LogP contribution >= 0.6 is 11.6 Å². The molecule has 0 aromatic heterocycles. The maximum Gasteiger partial charge on any atom is 0.262 e. The summed E-state index contributed by atoms with van der Waals surface area (Å²) in [4.78, 5) is 25.9. The van der Waals surface area contributed by atoms with E-state index in [1.165, 1.54) is 36.3 Å². The van der Waals surface area contributed by atoms with E-state index < -0.39 is 11.7 Å². The predicted octanol–water partition coefficient (Wildman–Crippen LogP) is 3.09. The van der Waals surface area contributed by atoms with Crippen molar-refractivity contribution in [1.82, 2.24) is 0 Å². The van der Waals surface area contributed by atoms with E-state index in [4.69, 9.17) is 16.3 Å². The van der Waals surface area contributed by atoms with Crippen LogP contribution in [0.1, 0.15) is 10.4 Å². The monoisotopic (exact) mass is 334 g/mol. The first-order chi connectivity index (χ1) is 11.0. The molecule has 0 aliphatic carbocycles. The van der Waals surface area contributed by atoms with Crippen molar-refractivity contribution < 1.29 is 18.7 Å². The molecule has 0 atom stereocenters. The van der Waals surface area contributed by atoms with E-state index in [9.17, 15) is 14.0 Å². The number of amides is 2. The molecule has 1 heterocycles. The number of carbonyl (C=O) groups is 2. The molecule has 23 heavy (non-hydrogen) atoms. The standard InChI is InChI=1S/C16H12ClFN2O3/c1-23-14-5-2-9(17)6-11(14)16(22)20-8-15(21)19-12-4-3-10(18)7-13(12)20/h2-7H,8H2,1H3,(H,19,21). The summed E-state index contributed by atoms with van der Waals surface area (Å²) < 4.78 is 18.7. The Hall–Kier alpha value is -2.60. The zero-order chi connectivity index (χ0) is 16.6. The Morgan fingerprint density at radius 2 is 2.09 bits per heavy atom. The predicted molar refractivity (Wildman–Crippen MR) is 84.7 cm³/mol. The van der Waals surface area contributed by atoms with Crippen LogP contribution in [0.5, 0.6) is 5.75 Å². The van der Waals surface area contributed by atoms with Crippen molar-refractivity contribution in [2.75, 3.05) is 23.9 Å². The third kappa shape index (κ3) is 2.85. The molecule has 0 bridgehead atoms. The molecule has 0 unspecified atom stereocenters. The van der Waals surface area contributed by atoms with E-state index in [1.54, 1.807) is 12.1 Å². The number of benzene rings is 2. The third-order valence-electron chi connectivity index (χ3n) is 3.46. The van der Waals surface area contributed by atoms with Crippen LogP contribution in [0.15, 0.2) is 36.4 Å². The number of nitrogens with one attached hydrogen (secondary N) is 1. The highest BCUT2D eigenvalue weighted by Gasteiger charge is 2.29.